The highest BCUT2D eigenvalue weighted by Crippen LogP contribution is 2.29. The maximum Gasteiger partial charge on any atom is 0.258 e. The summed E-state index contributed by atoms with van der Waals surface area (Å²) in [6.45, 7) is 5.16. The van der Waals surface area contributed by atoms with Gasteiger partial charge in [0.1, 0.15) is 18.1 Å². The molecule has 0 radical (unpaired) electrons. The second kappa shape index (κ2) is 8.39. The molecule has 4 rings (SSSR count). The van der Waals surface area contributed by atoms with E-state index in [4.69, 9.17) is 9.47 Å². The van der Waals surface area contributed by atoms with E-state index >= 15 is 0 Å². The Morgan fingerprint density at radius 3 is 2.38 bits per heavy atom. The number of amides is 1. The van der Waals surface area contributed by atoms with E-state index in [1.54, 1.807) is 0 Å². The van der Waals surface area contributed by atoms with Gasteiger partial charge in [-0.2, -0.15) is 0 Å². The molecule has 3 aromatic carbocycles. The molecule has 1 amide bonds. The maximum absolute atomic E-state index is 13.0. The monoisotopic (exact) mass is 387 g/mol. The third-order valence-corrected chi connectivity index (χ3v) is 4.93. The fourth-order valence-electron chi connectivity index (χ4n) is 3.52. The highest BCUT2D eigenvalue weighted by atomic mass is 16.5. The maximum atomic E-state index is 13.0. The lowest BCUT2D eigenvalue weighted by Crippen LogP contribution is -2.37. The predicted molar refractivity (Wildman–Crippen MR) is 115 cm³/mol. The largest absolute Gasteiger partial charge is 0.491 e. The number of carbonyl (C=O) groups excluding carboxylic acids is 1. The molecule has 1 heterocycles. The van der Waals surface area contributed by atoms with Crippen LogP contribution in [0.15, 0.2) is 72.8 Å². The van der Waals surface area contributed by atoms with Gasteiger partial charge in [-0.3, -0.25) is 4.79 Å². The Morgan fingerprint density at radius 2 is 1.66 bits per heavy atom. The van der Waals surface area contributed by atoms with E-state index in [-0.39, 0.29) is 12.0 Å². The summed E-state index contributed by atoms with van der Waals surface area (Å²) in [6.07, 6.45) is 0.927. The molecule has 0 atom stereocenters. The van der Waals surface area contributed by atoms with Crippen LogP contribution in [0.2, 0.25) is 0 Å². The molecule has 0 saturated heterocycles. The van der Waals surface area contributed by atoms with Crippen molar-refractivity contribution in [2.75, 3.05) is 11.4 Å². The van der Waals surface area contributed by atoms with Gasteiger partial charge in [-0.15, -0.1) is 0 Å². The summed E-state index contributed by atoms with van der Waals surface area (Å²) in [5.74, 6) is 1.64. The number of carbonyl (C=O) groups is 1. The number of hydrogen-bond acceptors (Lipinski definition) is 3. The van der Waals surface area contributed by atoms with E-state index in [0.29, 0.717) is 13.2 Å². The van der Waals surface area contributed by atoms with E-state index in [1.165, 1.54) is 0 Å². The Morgan fingerprint density at radius 1 is 0.931 bits per heavy atom. The van der Waals surface area contributed by atoms with Crippen molar-refractivity contribution in [3.05, 3.63) is 89.5 Å². The number of anilines is 1. The first kappa shape index (κ1) is 19.1. The van der Waals surface area contributed by atoms with E-state index < -0.39 is 0 Å². The van der Waals surface area contributed by atoms with Crippen LogP contribution in [0.3, 0.4) is 0 Å². The molecule has 0 saturated carbocycles. The van der Waals surface area contributed by atoms with E-state index in [2.05, 4.69) is 0 Å². The topological polar surface area (TPSA) is 38.8 Å². The van der Waals surface area contributed by atoms with Crippen LogP contribution in [0.4, 0.5) is 5.69 Å². The zero-order chi connectivity index (χ0) is 20.2. The lowest BCUT2D eigenvalue weighted by molar-refractivity contribution is 0.0980. The predicted octanol–water partition coefficient (Wildman–Crippen LogP) is 5.26. The third kappa shape index (κ3) is 4.43. The molecule has 1 aliphatic rings. The molecular weight excluding hydrogens is 362 g/mol. The van der Waals surface area contributed by atoms with Crippen LogP contribution in [0, 0.1) is 0 Å². The Kier molecular flexibility index (Phi) is 5.52. The molecule has 0 aromatic heterocycles. The molecule has 0 spiro atoms. The van der Waals surface area contributed by atoms with Gasteiger partial charge in [0.25, 0.3) is 5.91 Å². The van der Waals surface area contributed by atoms with Crippen molar-refractivity contribution in [3.63, 3.8) is 0 Å². The van der Waals surface area contributed by atoms with Gasteiger partial charge < -0.3 is 14.4 Å². The quantitative estimate of drug-likeness (QED) is 0.579. The van der Waals surface area contributed by atoms with Gasteiger partial charge in [0, 0.05) is 17.8 Å². The second-order valence-corrected chi connectivity index (χ2v) is 7.46. The molecule has 3 aromatic rings. The zero-order valence-corrected chi connectivity index (χ0v) is 16.8. The molecule has 4 heteroatoms. The minimum absolute atomic E-state index is 0.0263. The Bertz CT molecular complexity index is 981. The van der Waals surface area contributed by atoms with Gasteiger partial charge in [0.15, 0.2) is 0 Å². The normalized spacial score (nSPS) is 13.3. The van der Waals surface area contributed by atoms with Gasteiger partial charge in [0.2, 0.25) is 0 Å². The summed E-state index contributed by atoms with van der Waals surface area (Å²) in [4.78, 5) is 14.8. The van der Waals surface area contributed by atoms with Crippen molar-refractivity contribution in [3.8, 4) is 11.5 Å². The van der Waals surface area contributed by atoms with Crippen LogP contribution >= 0.6 is 0 Å². The Hall–Kier alpha value is -3.27. The van der Waals surface area contributed by atoms with Crippen molar-refractivity contribution >= 4 is 11.6 Å². The van der Waals surface area contributed by atoms with Crippen LogP contribution < -0.4 is 14.4 Å². The van der Waals surface area contributed by atoms with Gasteiger partial charge in [-0.1, -0.05) is 30.3 Å². The summed E-state index contributed by atoms with van der Waals surface area (Å²) >= 11 is 0. The van der Waals surface area contributed by atoms with Crippen molar-refractivity contribution in [1.82, 2.24) is 0 Å². The molecule has 0 aliphatic carbocycles. The minimum Gasteiger partial charge on any atom is -0.491 e. The summed E-state index contributed by atoms with van der Waals surface area (Å²) in [6, 6.07) is 23.5. The van der Waals surface area contributed by atoms with Gasteiger partial charge >= 0.3 is 0 Å². The Balaban J connectivity index is 1.46. The van der Waals surface area contributed by atoms with Crippen molar-refractivity contribution in [1.29, 1.82) is 0 Å². The first-order valence-corrected chi connectivity index (χ1v) is 9.98. The lowest BCUT2D eigenvalue weighted by Gasteiger charge is -2.29. The van der Waals surface area contributed by atoms with E-state index in [9.17, 15) is 4.79 Å². The van der Waals surface area contributed by atoms with Crippen molar-refractivity contribution < 1.29 is 14.3 Å². The number of hydrogen-bond donors (Lipinski definition) is 0. The van der Waals surface area contributed by atoms with Crippen molar-refractivity contribution in [2.24, 2.45) is 0 Å². The molecule has 148 valence electrons. The number of nitrogens with zero attached hydrogens (tertiary/aromatic N) is 1. The lowest BCUT2D eigenvalue weighted by atomic mass is 9.98. The van der Waals surface area contributed by atoms with Gasteiger partial charge in [0.05, 0.1) is 6.10 Å². The van der Waals surface area contributed by atoms with Gasteiger partial charge in [-0.25, -0.2) is 0 Å². The molecular formula is C25H25NO3. The van der Waals surface area contributed by atoms with Crippen LogP contribution in [0.25, 0.3) is 0 Å². The SMILES string of the molecule is CC(C)Oc1ccc(N2CCc3cc(OCc4ccccc4)ccc3C2=O)cc1. The standard InChI is InChI=1S/C25H25NO3/c1-18(2)29-22-10-8-21(9-11-22)26-15-14-20-16-23(12-13-24(20)25(26)27)28-17-19-6-4-3-5-7-19/h3-13,16,18H,14-15,17H2,1-2H3. The van der Waals surface area contributed by atoms with E-state index in [1.807, 2.05) is 91.5 Å². The van der Waals surface area contributed by atoms with E-state index in [0.717, 1.165) is 40.3 Å². The first-order chi connectivity index (χ1) is 14.1. The fourth-order valence-corrected chi connectivity index (χ4v) is 3.52. The smallest absolute Gasteiger partial charge is 0.258 e. The summed E-state index contributed by atoms with van der Waals surface area (Å²) in [7, 11) is 0. The summed E-state index contributed by atoms with van der Waals surface area (Å²) < 4.78 is 11.6. The van der Waals surface area contributed by atoms with Crippen LogP contribution in [0.1, 0.15) is 35.3 Å². The fraction of sp³-hybridized carbons (Fsp3) is 0.240. The first-order valence-electron chi connectivity index (χ1n) is 9.98. The van der Waals surface area contributed by atoms with Crippen LogP contribution in [0.5, 0.6) is 11.5 Å². The molecule has 0 N–H and O–H groups in total. The molecule has 29 heavy (non-hydrogen) atoms. The zero-order valence-electron chi connectivity index (χ0n) is 16.8. The van der Waals surface area contributed by atoms with Crippen LogP contribution in [-0.2, 0) is 13.0 Å². The summed E-state index contributed by atoms with van der Waals surface area (Å²) in [5, 5.41) is 0. The third-order valence-electron chi connectivity index (χ3n) is 4.93. The average molecular weight is 387 g/mol. The molecule has 4 nitrogen and oxygen atoms in total. The number of ether oxygens (including phenoxy) is 2. The van der Waals surface area contributed by atoms with Crippen molar-refractivity contribution in [2.45, 2.75) is 33.0 Å². The summed E-state index contributed by atoms with van der Waals surface area (Å²) in [5.41, 5.74) is 3.79. The highest BCUT2D eigenvalue weighted by molar-refractivity contribution is 6.08. The molecule has 0 unspecified atom stereocenters. The van der Waals surface area contributed by atoms with Gasteiger partial charge in [-0.05, 0) is 73.9 Å². The molecule has 0 fully saturated rings. The average Bonchev–Trinajstić information content (AvgIpc) is 2.74. The number of rotatable bonds is 6. The highest BCUT2D eigenvalue weighted by Gasteiger charge is 2.25. The molecule has 0 bridgehead atoms. The number of benzene rings is 3. The molecule has 1 aliphatic heterocycles. The number of fused-ring (bicyclic) bond motifs is 1. The minimum atomic E-state index is 0.0263. The Labute approximate surface area is 171 Å². The van der Waals surface area contributed by atoms with Crippen LogP contribution in [-0.4, -0.2) is 18.6 Å². The second-order valence-electron chi connectivity index (χ2n) is 7.46.